The summed E-state index contributed by atoms with van der Waals surface area (Å²) < 4.78 is 27.1. The highest BCUT2D eigenvalue weighted by atomic mass is 32.2. The Morgan fingerprint density at radius 1 is 0.643 bits per heavy atom. The Kier molecular flexibility index (Phi) is 16.6. The Bertz CT molecular complexity index is 444. The second-order valence-electron chi connectivity index (χ2n) is 9.60. The normalized spacial score (nSPS) is 12.8. The van der Waals surface area contributed by atoms with E-state index in [-0.39, 0.29) is 0 Å². The molecule has 0 N–H and O–H groups in total. The van der Waals surface area contributed by atoms with Crippen LogP contribution in [0.4, 0.5) is 0 Å². The molecule has 0 radical (unpaired) electrons. The first-order valence-corrected chi connectivity index (χ1v) is 13.5. The van der Waals surface area contributed by atoms with E-state index < -0.39 is 10.0 Å². The van der Waals surface area contributed by atoms with E-state index in [1.54, 1.807) is 11.4 Å². The minimum Gasteiger partial charge on any atom is -0.331 e. The summed E-state index contributed by atoms with van der Waals surface area (Å²) in [5.41, 5.74) is 0. The number of rotatable bonds is 20. The molecule has 5 heteroatoms. The van der Waals surface area contributed by atoms with Gasteiger partial charge in [0.15, 0.2) is 0 Å². The Labute approximate surface area is 177 Å². The largest absolute Gasteiger partial charge is 0.331 e. The van der Waals surface area contributed by atoms with Crippen LogP contribution in [0, 0.1) is 0 Å². The fourth-order valence-corrected chi connectivity index (χ4v) is 4.83. The molecule has 4 nitrogen and oxygen atoms in total. The standard InChI is InChI=1S/C23H51N2O2S/c1-6-7-8-9-10-11-12-13-14-15-16-17-18-19-23-28(26,27)24(2)21-20-22-25(3,4)5/h6-23H2,1-5H3/q+1. The first-order chi connectivity index (χ1) is 13.2. The number of hydrogen-bond acceptors (Lipinski definition) is 2. The van der Waals surface area contributed by atoms with Crippen molar-refractivity contribution in [2.75, 3.05) is 47.0 Å². The maximum absolute atomic E-state index is 12.3. The molecule has 0 unspecified atom stereocenters. The lowest BCUT2D eigenvalue weighted by atomic mass is 10.0. The zero-order chi connectivity index (χ0) is 21.3. The van der Waals surface area contributed by atoms with Crippen molar-refractivity contribution < 1.29 is 12.9 Å². The third-order valence-corrected chi connectivity index (χ3v) is 7.47. The maximum Gasteiger partial charge on any atom is 0.213 e. The van der Waals surface area contributed by atoms with Crippen LogP contribution in [0.5, 0.6) is 0 Å². The smallest absolute Gasteiger partial charge is 0.213 e. The first-order valence-electron chi connectivity index (χ1n) is 11.9. The van der Waals surface area contributed by atoms with Gasteiger partial charge in [-0.1, -0.05) is 90.4 Å². The molecule has 0 saturated heterocycles. The molecule has 0 rings (SSSR count). The van der Waals surface area contributed by atoms with Crippen molar-refractivity contribution >= 4 is 10.0 Å². The molecule has 0 spiro atoms. The van der Waals surface area contributed by atoms with Crippen LogP contribution in [0.15, 0.2) is 0 Å². The number of hydrogen-bond donors (Lipinski definition) is 0. The van der Waals surface area contributed by atoms with Gasteiger partial charge in [-0.15, -0.1) is 0 Å². The number of quaternary nitrogens is 1. The van der Waals surface area contributed by atoms with Crippen LogP contribution in [-0.4, -0.2) is 64.2 Å². The van der Waals surface area contributed by atoms with Crippen LogP contribution in [-0.2, 0) is 10.0 Å². The molecule has 0 amide bonds. The zero-order valence-corrected chi connectivity index (χ0v) is 20.7. The minimum atomic E-state index is -3.07. The van der Waals surface area contributed by atoms with Crippen molar-refractivity contribution in [1.29, 1.82) is 0 Å². The Hall–Kier alpha value is -0.130. The summed E-state index contributed by atoms with van der Waals surface area (Å²) in [4.78, 5) is 0. The molecule has 0 aliphatic heterocycles. The molecule has 0 aromatic rings. The molecule has 0 aromatic heterocycles. The Morgan fingerprint density at radius 3 is 1.43 bits per heavy atom. The van der Waals surface area contributed by atoms with Crippen molar-refractivity contribution in [2.24, 2.45) is 0 Å². The van der Waals surface area contributed by atoms with Crippen molar-refractivity contribution in [3.63, 3.8) is 0 Å². The summed E-state index contributed by atoms with van der Waals surface area (Å²) in [6.45, 7) is 3.90. The Morgan fingerprint density at radius 2 is 1.04 bits per heavy atom. The molecule has 0 saturated carbocycles. The number of unbranched alkanes of at least 4 members (excludes halogenated alkanes) is 13. The van der Waals surface area contributed by atoms with E-state index in [4.69, 9.17) is 0 Å². The van der Waals surface area contributed by atoms with Gasteiger partial charge in [0.2, 0.25) is 10.0 Å². The highest BCUT2D eigenvalue weighted by Crippen LogP contribution is 2.13. The molecule has 0 aromatic carbocycles. The van der Waals surface area contributed by atoms with E-state index in [1.165, 1.54) is 77.0 Å². The molecule has 0 bridgehead atoms. The van der Waals surface area contributed by atoms with Crippen LogP contribution in [0.3, 0.4) is 0 Å². The highest BCUT2D eigenvalue weighted by molar-refractivity contribution is 7.89. The molecule has 0 aliphatic rings. The Balaban J connectivity index is 3.51. The molecular formula is C23H51N2O2S+. The van der Waals surface area contributed by atoms with E-state index in [0.717, 1.165) is 30.3 Å². The molecule has 0 fully saturated rings. The third kappa shape index (κ3) is 17.9. The van der Waals surface area contributed by atoms with Gasteiger partial charge in [0.25, 0.3) is 0 Å². The molecular weight excluding hydrogens is 368 g/mol. The predicted octanol–water partition coefficient (Wildman–Crippen LogP) is 5.83. The molecule has 0 aliphatic carbocycles. The summed E-state index contributed by atoms with van der Waals surface area (Å²) in [5.74, 6) is 0.311. The number of sulfonamides is 1. The quantitative estimate of drug-likeness (QED) is 0.184. The summed E-state index contributed by atoms with van der Waals surface area (Å²) in [5, 5.41) is 0. The van der Waals surface area contributed by atoms with Gasteiger partial charge in [0, 0.05) is 20.0 Å². The van der Waals surface area contributed by atoms with E-state index in [2.05, 4.69) is 28.1 Å². The topological polar surface area (TPSA) is 37.4 Å². The van der Waals surface area contributed by atoms with Gasteiger partial charge < -0.3 is 4.48 Å². The second kappa shape index (κ2) is 16.6. The average molecular weight is 420 g/mol. The van der Waals surface area contributed by atoms with Crippen molar-refractivity contribution in [2.45, 2.75) is 103 Å². The highest BCUT2D eigenvalue weighted by Gasteiger charge is 2.18. The summed E-state index contributed by atoms with van der Waals surface area (Å²) in [6, 6.07) is 0. The summed E-state index contributed by atoms with van der Waals surface area (Å²) in [6.07, 6.45) is 19.0. The van der Waals surface area contributed by atoms with Gasteiger partial charge in [-0.05, 0) is 6.42 Å². The summed E-state index contributed by atoms with van der Waals surface area (Å²) in [7, 11) is 5.09. The SMILES string of the molecule is CCCCCCCCCCCCCCCCS(=O)(=O)N(C)CCC[N+](C)(C)C. The van der Waals surface area contributed by atoms with Crippen molar-refractivity contribution in [3.05, 3.63) is 0 Å². The lowest BCUT2D eigenvalue weighted by Gasteiger charge is -2.25. The molecule has 170 valence electrons. The van der Waals surface area contributed by atoms with E-state index in [0.29, 0.717) is 12.3 Å². The van der Waals surface area contributed by atoms with Crippen LogP contribution in [0.1, 0.15) is 103 Å². The van der Waals surface area contributed by atoms with Crippen LogP contribution in [0.25, 0.3) is 0 Å². The van der Waals surface area contributed by atoms with Gasteiger partial charge in [-0.2, -0.15) is 0 Å². The summed E-state index contributed by atoms with van der Waals surface area (Å²) >= 11 is 0. The van der Waals surface area contributed by atoms with E-state index >= 15 is 0 Å². The molecule has 0 heterocycles. The number of nitrogens with zero attached hydrogens (tertiary/aromatic N) is 2. The van der Waals surface area contributed by atoms with Gasteiger partial charge in [0.05, 0.1) is 33.4 Å². The van der Waals surface area contributed by atoms with Crippen LogP contribution < -0.4 is 0 Å². The fraction of sp³-hybridized carbons (Fsp3) is 1.00. The van der Waals surface area contributed by atoms with Gasteiger partial charge in [-0.25, -0.2) is 12.7 Å². The first kappa shape index (κ1) is 27.9. The van der Waals surface area contributed by atoms with E-state index in [1.807, 2.05) is 0 Å². The molecule has 0 atom stereocenters. The average Bonchev–Trinajstić information content (AvgIpc) is 2.60. The second-order valence-corrected chi connectivity index (χ2v) is 11.8. The van der Waals surface area contributed by atoms with Gasteiger partial charge in [0.1, 0.15) is 0 Å². The van der Waals surface area contributed by atoms with Crippen LogP contribution in [0.2, 0.25) is 0 Å². The lowest BCUT2D eigenvalue weighted by Crippen LogP contribution is -2.38. The van der Waals surface area contributed by atoms with Crippen LogP contribution >= 0.6 is 0 Å². The predicted molar refractivity (Wildman–Crippen MR) is 124 cm³/mol. The van der Waals surface area contributed by atoms with Crippen molar-refractivity contribution in [1.82, 2.24) is 4.31 Å². The van der Waals surface area contributed by atoms with Crippen molar-refractivity contribution in [3.8, 4) is 0 Å². The maximum atomic E-state index is 12.3. The van der Waals surface area contributed by atoms with Gasteiger partial charge >= 0.3 is 0 Å². The van der Waals surface area contributed by atoms with E-state index in [9.17, 15) is 8.42 Å². The van der Waals surface area contributed by atoms with Gasteiger partial charge in [-0.3, -0.25) is 0 Å². The zero-order valence-electron chi connectivity index (χ0n) is 19.8. The molecule has 28 heavy (non-hydrogen) atoms. The minimum absolute atomic E-state index is 0.311. The monoisotopic (exact) mass is 419 g/mol. The fourth-order valence-electron chi connectivity index (χ4n) is 3.54. The third-order valence-electron chi connectivity index (χ3n) is 5.53. The lowest BCUT2D eigenvalue weighted by molar-refractivity contribution is -0.870.